The Kier molecular flexibility index (Phi) is 3.89. The fourth-order valence-corrected chi connectivity index (χ4v) is 4.70. The van der Waals surface area contributed by atoms with E-state index in [1.165, 1.54) is 54.6 Å². The van der Waals surface area contributed by atoms with Crippen molar-refractivity contribution in [1.29, 1.82) is 0 Å². The van der Waals surface area contributed by atoms with E-state index in [0.29, 0.717) is 0 Å². The zero-order valence-corrected chi connectivity index (χ0v) is 16.5. The van der Waals surface area contributed by atoms with Crippen LogP contribution in [-0.4, -0.2) is 0 Å². The molecule has 0 fully saturated rings. The number of fused-ring (bicyclic) bond motifs is 3. The van der Waals surface area contributed by atoms with Crippen LogP contribution < -0.4 is 0 Å². The summed E-state index contributed by atoms with van der Waals surface area (Å²) >= 11 is 0. The third-order valence-electron chi connectivity index (χ3n) is 6.05. The predicted octanol–water partition coefficient (Wildman–Crippen LogP) is 8.48. The average molecular weight is 380 g/mol. The molecule has 0 heteroatoms. The van der Waals surface area contributed by atoms with Gasteiger partial charge in [0.1, 0.15) is 0 Å². The van der Waals surface area contributed by atoms with Crippen molar-refractivity contribution < 1.29 is 0 Å². The average Bonchev–Trinajstić information content (AvgIpc) is 2.82. The maximum atomic E-state index is 2.36. The smallest absolute Gasteiger partial charge is 0.00266 e. The molecule has 0 saturated heterocycles. The van der Waals surface area contributed by atoms with Crippen LogP contribution in [-0.2, 0) is 0 Å². The van der Waals surface area contributed by atoms with Crippen molar-refractivity contribution in [3.63, 3.8) is 0 Å². The standard InChI is InChI=1S/C30H20/c1-2-11-22(12-3-1)30-25-16-7-5-13-23(25)20-29-27(18-9-19-28(29)30)26-17-8-14-21-10-4-6-15-24(21)26/h1-20H. The van der Waals surface area contributed by atoms with E-state index in [9.17, 15) is 0 Å². The van der Waals surface area contributed by atoms with Crippen LogP contribution in [0.15, 0.2) is 121 Å². The quantitative estimate of drug-likeness (QED) is 0.264. The fourth-order valence-electron chi connectivity index (χ4n) is 4.70. The van der Waals surface area contributed by atoms with Gasteiger partial charge in [0, 0.05) is 0 Å². The summed E-state index contributed by atoms with van der Waals surface area (Å²) in [5.74, 6) is 0. The number of hydrogen-bond donors (Lipinski definition) is 0. The van der Waals surface area contributed by atoms with Crippen LogP contribution in [0.1, 0.15) is 0 Å². The van der Waals surface area contributed by atoms with Gasteiger partial charge >= 0.3 is 0 Å². The molecule has 0 aliphatic heterocycles. The second kappa shape index (κ2) is 6.86. The Bertz CT molecular complexity index is 1520. The largest absolute Gasteiger partial charge is 0.0622 e. The first kappa shape index (κ1) is 17.0. The molecule has 0 N–H and O–H groups in total. The van der Waals surface area contributed by atoms with Gasteiger partial charge in [-0.2, -0.15) is 0 Å². The zero-order valence-electron chi connectivity index (χ0n) is 16.5. The van der Waals surface area contributed by atoms with Crippen LogP contribution >= 0.6 is 0 Å². The molecule has 0 saturated carbocycles. The number of hydrogen-bond acceptors (Lipinski definition) is 0. The molecule has 6 aromatic rings. The van der Waals surface area contributed by atoms with Gasteiger partial charge in [-0.05, 0) is 60.6 Å². The van der Waals surface area contributed by atoms with Gasteiger partial charge < -0.3 is 0 Å². The molecule has 0 atom stereocenters. The van der Waals surface area contributed by atoms with E-state index >= 15 is 0 Å². The second-order valence-corrected chi connectivity index (χ2v) is 7.77. The molecule has 0 bridgehead atoms. The Morgan fingerprint density at radius 1 is 0.333 bits per heavy atom. The molecule has 0 heterocycles. The summed E-state index contributed by atoms with van der Waals surface area (Å²) in [6, 6.07) is 43.8. The number of rotatable bonds is 2. The fraction of sp³-hybridized carbons (Fsp3) is 0. The summed E-state index contributed by atoms with van der Waals surface area (Å²) in [5, 5.41) is 7.73. The molecule has 0 aromatic heterocycles. The Labute approximate surface area is 176 Å². The molecule has 0 spiro atoms. The lowest BCUT2D eigenvalue weighted by Crippen LogP contribution is -1.89. The molecule has 6 aromatic carbocycles. The van der Waals surface area contributed by atoms with Crippen molar-refractivity contribution in [2.24, 2.45) is 0 Å². The van der Waals surface area contributed by atoms with E-state index in [-0.39, 0.29) is 0 Å². The van der Waals surface area contributed by atoms with Crippen molar-refractivity contribution in [3.05, 3.63) is 121 Å². The van der Waals surface area contributed by atoms with Crippen LogP contribution in [0.25, 0.3) is 54.6 Å². The molecule has 6 rings (SSSR count). The van der Waals surface area contributed by atoms with Crippen molar-refractivity contribution in [3.8, 4) is 22.3 Å². The SMILES string of the molecule is c1ccc(-c2c3ccccc3cc3c(-c4cccc5ccccc45)cccc23)cc1. The first-order valence-electron chi connectivity index (χ1n) is 10.4. The zero-order chi connectivity index (χ0) is 19.9. The molecule has 0 radical (unpaired) electrons. The van der Waals surface area contributed by atoms with Crippen LogP contribution in [0, 0.1) is 0 Å². The van der Waals surface area contributed by atoms with Crippen molar-refractivity contribution in [1.82, 2.24) is 0 Å². The van der Waals surface area contributed by atoms with E-state index in [1.54, 1.807) is 0 Å². The van der Waals surface area contributed by atoms with Crippen LogP contribution in [0.2, 0.25) is 0 Å². The molecule has 0 aliphatic carbocycles. The third-order valence-corrected chi connectivity index (χ3v) is 6.05. The predicted molar refractivity (Wildman–Crippen MR) is 130 cm³/mol. The maximum absolute atomic E-state index is 2.36. The third kappa shape index (κ3) is 2.62. The first-order valence-corrected chi connectivity index (χ1v) is 10.4. The molecular weight excluding hydrogens is 360 g/mol. The Morgan fingerprint density at radius 2 is 0.900 bits per heavy atom. The Balaban J connectivity index is 1.78. The second-order valence-electron chi connectivity index (χ2n) is 7.77. The van der Waals surface area contributed by atoms with Gasteiger partial charge in [0.25, 0.3) is 0 Å². The van der Waals surface area contributed by atoms with Gasteiger partial charge in [0.2, 0.25) is 0 Å². The lowest BCUT2D eigenvalue weighted by atomic mass is 9.88. The summed E-state index contributed by atoms with van der Waals surface area (Å²) in [5.41, 5.74) is 5.14. The molecule has 140 valence electrons. The highest BCUT2D eigenvalue weighted by Gasteiger charge is 2.14. The monoisotopic (exact) mass is 380 g/mol. The molecule has 0 unspecified atom stereocenters. The minimum atomic E-state index is 1.26. The van der Waals surface area contributed by atoms with E-state index in [2.05, 4.69) is 121 Å². The van der Waals surface area contributed by atoms with E-state index in [1.807, 2.05) is 0 Å². The lowest BCUT2D eigenvalue weighted by Gasteiger charge is -2.16. The van der Waals surface area contributed by atoms with Crippen molar-refractivity contribution >= 4 is 32.3 Å². The van der Waals surface area contributed by atoms with Crippen LogP contribution in [0.4, 0.5) is 0 Å². The van der Waals surface area contributed by atoms with Gasteiger partial charge in [-0.1, -0.05) is 115 Å². The normalized spacial score (nSPS) is 11.3. The molecule has 0 aliphatic rings. The minimum absolute atomic E-state index is 1.26. The Morgan fingerprint density at radius 3 is 1.73 bits per heavy atom. The van der Waals surface area contributed by atoms with Crippen molar-refractivity contribution in [2.75, 3.05) is 0 Å². The summed E-state index contributed by atoms with van der Waals surface area (Å²) in [4.78, 5) is 0. The minimum Gasteiger partial charge on any atom is -0.0622 e. The maximum Gasteiger partial charge on any atom is -0.00266 e. The molecule has 0 amide bonds. The first-order chi connectivity index (χ1) is 14.9. The highest BCUT2D eigenvalue weighted by Crippen LogP contribution is 2.41. The molecule has 30 heavy (non-hydrogen) atoms. The molecular formula is C30H20. The van der Waals surface area contributed by atoms with E-state index in [4.69, 9.17) is 0 Å². The van der Waals surface area contributed by atoms with Gasteiger partial charge in [0.05, 0.1) is 0 Å². The van der Waals surface area contributed by atoms with Crippen LogP contribution in [0.5, 0.6) is 0 Å². The Hall–Kier alpha value is -3.90. The van der Waals surface area contributed by atoms with Gasteiger partial charge in [-0.15, -0.1) is 0 Å². The molecule has 0 nitrogen and oxygen atoms in total. The summed E-state index contributed by atoms with van der Waals surface area (Å²) in [7, 11) is 0. The van der Waals surface area contributed by atoms with E-state index in [0.717, 1.165) is 0 Å². The topological polar surface area (TPSA) is 0 Å². The summed E-state index contributed by atoms with van der Waals surface area (Å²) in [6.45, 7) is 0. The summed E-state index contributed by atoms with van der Waals surface area (Å²) in [6.07, 6.45) is 0. The highest BCUT2D eigenvalue weighted by atomic mass is 14.2. The van der Waals surface area contributed by atoms with E-state index < -0.39 is 0 Å². The summed E-state index contributed by atoms with van der Waals surface area (Å²) < 4.78 is 0. The lowest BCUT2D eigenvalue weighted by molar-refractivity contribution is 1.66. The van der Waals surface area contributed by atoms with Gasteiger partial charge in [0.15, 0.2) is 0 Å². The van der Waals surface area contributed by atoms with Gasteiger partial charge in [-0.3, -0.25) is 0 Å². The highest BCUT2D eigenvalue weighted by molar-refractivity contribution is 6.17. The van der Waals surface area contributed by atoms with Gasteiger partial charge in [-0.25, -0.2) is 0 Å². The van der Waals surface area contributed by atoms with Crippen molar-refractivity contribution in [2.45, 2.75) is 0 Å². The van der Waals surface area contributed by atoms with Crippen LogP contribution in [0.3, 0.4) is 0 Å². The number of benzene rings is 6.